The van der Waals surface area contributed by atoms with Crippen molar-refractivity contribution in [1.82, 2.24) is 10.2 Å². The molecule has 1 aromatic carbocycles. The summed E-state index contributed by atoms with van der Waals surface area (Å²) in [4.78, 5) is 39.7. The average Bonchev–Trinajstić information content (AvgIpc) is 3.10. The van der Waals surface area contributed by atoms with E-state index in [-0.39, 0.29) is 11.8 Å². The number of hydrogen-bond acceptors (Lipinski definition) is 5. The molecular weight excluding hydrogens is 320 g/mol. The van der Waals surface area contributed by atoms with E-state index in [1.807, 2.05) is 38.1 Å². The van der Waals surface area contributed by atoms with Crippen LogP contribution in [0, 0.1) is 18.8 Å². The van der Waals surface area contributed by atoms with Gasteiger partial charge in [-0.1, -0.05) is 36.8 Å². The van der Waals surface area contributed by atoms with E-state index in [4.69, 9.17) is 4.74 Å². The van der Waals surface area contributed by atoms with Crippen LogP contribution in [0.3, 0.4) is 0 Å². The fourth-order valence-corrected chi connectivity index (χ4v) is 4.27. The second-order valence-corrected chi connectivity index (χ2v) is 6.77. The van der Waals surface area contributed by atoms with Crippen molar-refractivity contribution in [3.05, 3.63) is 35.4 Å². The van der Waals surface area contributed by atoms with Crippen molar-refractivity contribution in [3.63, 3.8) is 0 Å². The first-order valence-corrected chi connectivity index (χ1v) is 8.69. The van der Waals surface area contributed by atoms with Gasteiger partial charge in [-0.3, -0.25) is 24.6 Å². The summed E-state index contributed by atoms with van der Waals surface area (Å²) in [6.07, 6.45) is 0.375. The molecule has 2 fully saturated rings. The van der Waals surface area contributed by atoms with Crippen LogP contribution in [0.1, 0.15) is 37.4 Å². The molecule has 0 aliphatic carbocycles. The Morgan fingerprint density at radius 1 is 1.20 bits per heavy atom. The van der Waals surface area contributed by atoms with E-state index in [0.29, 0.717) is 13.0 Å². The largest absolute Gasteiger partial charge is 0.468 e. The van der Waals surface area contributed by atoms with Gasteiger partial charge in [0.15, 0.2) is 0 Å². The van der Waals surface area contributed by atoms with E-state index >= 15 is 0 Å². The Morgan fingerprint density at radius 2 is 1.84 bits per heavy atom. The minimum Gasteiger partial charge on any atom is -0.468 e. The summed E-state index contributed by atoms with van der Waals surface area (Å²) in [5.41, 5.74) is 0.835. The Labute approximate surface area is 147 Å². The number of nitrogens with zero attached hydrogens (tertiary/aromatic N) is 1. The lowest BCUT2D eigenvalue weighted by Crippen LogP contribution is -2.55. The number of fused-ring (bicyclic) bond motifs is 1. The zero-order valence-corrected chi connectivity index (χ0v) is 15.0. The van der Waals surface area contributed by atoms with Gasteiger partial charge in [0.2, 0.25) is 11.8 Å². The van der Waals surface area contributed by atoms with Crippen molar-refractivity contribution >= 4 is 17.8 Å². The second kappa shape index (κ2) is 6.26. The summed E-state index contributed by atoms with van der Waals surface area (Å²) in [7, 11) is 1.31. The third-order valence-corrected chi connectivity index (χ3v) is 5.61. The molecule has 2 aliphatic heterocycles. The van der Waals surface area contributed by atoms with E-state index in [9.17, 15) is 14.4 Å². The van der Waals surface area contributed by atoms with Gasteiger partial charge in [-0.15, -0.1) is 0 Å². The van der Waals surface area contributed by atoms with Crippen LogP contribution in [-0.2, 0) is 19.1 Å². The lowest BCUT2D eigenvalue weighted by Gasteiger charge is -2.31. The van der Waals surface area contributed by atoms with Crippen LogP contribution >= 0.6 is 0 Å². The van der Waals surface area contributed by atoms with Gasteiger partial charge >= 0.3 is 5.97 Å². The highest BCUT2D eigenvalue weighted by Crippen LogP contribution is 2.50. The van der Waals surface area contributed by atoms with E-state index in [0.717, 1.165) is 11.1 Å². The molecular formula is C19H24N2O4. The molecule has 1 N–H and O–H groups in total. The van der Waals surface area contributed by atoms with Crippen molar-refractivity contribution in [1.29, 1.82) is 0 Å². The number of rotatable bonds is 4. The smallest absolute Gasteiger partial charge is 0.326 e. The SMILES string of the molecule is CCN1C(=O)[C@@H]2[C@H](c3ccc(C)cc3)N[C@](CC)(C(=O)OC)[C@H]2C1=O. The standard InChI is InChI=1S/C19H24N2O4/c1-5-19(18(24)25-4)14-13(16(22)21(6-2)17(14)23)15(20-19)12-9-7-11(3)8-10-12/h7-10,13-15,20H,5-6H2,1-4H3/t13-,14+,15-,19-/m0/s1. The van der Waals surface area contributed by atoms with Gasteiger partial charge in [0.05, 0.1) is 18.9 Å². The number of likely N-dealkylation sites (tertiary alicyclic amines) is 1. The fourth-order valence-electron chi connectivity index (χ4n) is 4.27. The molecule has 0 spiro atoms. The molecule has 0 aromatic heterocycles. The van der Waals surface area contributed by atoms with Crippen LogP contribution in [0.2, 0.25) is 0 Å². The first kappa shape index (κ1) is 17.6. The Morgan fingerprint density at radius 3 is 2.36 bits per heavy atom. The van der Waals surface area contributed by atoms with Gasteiger partial charge < -0.3 is 4.74 Å². The van der Waals surface area contributed by atoms with Gasteiger partial charge in [-0.05, 0) is 25.8 Å². The van der Waals surface area contributed by atoms with Crippen LogP contribution in [0.15, 0.2) is 24.3 Å². The Kier molecular flexibility index (Phi) is 4.41. The normalized spacial score (nSPS) is 31.4. The number of esters is 1. The first-order chi connectivity index (χ1) is 11.9. The van der Waals surface area contributed by atoms with Crippen molar-refractivity contribution in [2.24, 2.45) is 11.8 Å². The molecule has 3 rings (SSSR count). The Balaban J connectivity index is 2.13. The highest BCUT2D eigenvalue weighted by molar-refractivity contribution is 6.09. The molecule has 2 amide bonds. The molecule has 0 unspecified atom stereocenters. The number of amides is 2. The number of carbonyl (C=O) groups excluding carboxylic acids is 3. The quantitative estimate of drug-likeness (QED) is 0.663. The highest BCUT2D eigenvalue weighted by atomic mass is 16.5. The van der Waals surface area contributed by atoms with Crippen LogP contribution in [0.5, 0.6) is 0 Å². The van der Waals surface area contributed by atoms with Crippen molar-refractivity contribution in [2.75, 3.05) is 13.7 Å². The van der Waals surface area contributed by atoms with Gasteiger partial charge in [-0.2, -0.15) is 0 Å². The zero-order valence-electron chi connectivity index (χ0n) is 15.0. The zero-order chi connectivity index (χ0) is 18.4. The number of aryl methyl sites for hydroxylation is 1. The third kappa shape index (κ3) is 2.39. The van der Waals surface area contributed by atoms with Gasteiger partial charge in [0.25, 0.3) is 0 Å². The third-order valence-electron chi connectivity index (χ3n) is 5.61. The molecule has 6 heteroatoms. The minimum absolute atomic E-state index is 0.213. The van der Waals surface area contributed by atoms with Crippen LogP contribution in [-0.4, -0.2) is 41.9 Å². The van der Waals surface area contributed by atoms with Gasteiger partial charge in [0.1, 0.15) is 5.54 Å². The summed E-state index contributed by atoms with van der Waals surface area (Å²) in [6.45, 7) is 5.91. The number of methoxy groups -OCH3 is 1. The van der Waals surface area contributed by atoms with E-state index in [1.165, 1.54) is 12.0 Å². The molecule has 1 aromatic rings. The first-order valence-electron chi connectivity index (χ1n) is 8.69. The van der Waals surface area contributed by atoms with Crippen molar-refractivity contribution in [3.8, 4) is 0 Å². The molecule has 4 atom stereocenters. The summed E-state index contributed by atoms with van der Waals surface area (Å²) < 4.78 is 5.01. The van der Waals surface area contributed by atoms with Gasteiger partial charge in [0, 0.05) is 12.6 Å². The number of hydrogen-bond donors (Lipinski definition) is 1. The molecule has 0 bridgehead atoms. The summed E-state index contributed by atoms with van der Waals surface area (Å²) in [5.74, 6) is -2.31. The molecule has 0 saturated carbocycles. The van der Waals surface area contributed by atoms with Gasteiger partial charge in [-0.25, -0.2) is 0 Å². The molecule has 2 aliphatic rings. The maximum Gasteiger partial charge on any atom is 0.326 e. The average molecular weight is 344 g/mol. The Bertz CT molecular complexity index is 715. The molecule has 2 heterocycles. The maximum atomic E-state index is 12.9. The van der Waals surface area contributed by atoms with Crippen molar-refractivity contribution < 1.29 is 19.1 Å². The molecule has 6 nitrogen and oxygen atoms in total. The minimum atomic E-state index is -1.17. The maximum absolute atomic E-state index is 12.9. The summed E-state index contributed by atoms with van der Waals surface area (Å²) in [6, 6.07) is 7.43. The molecule has 25 heavy (non-hydrogen) atoms. The van der Waals surface area contributed by atoms with Crippen LogP contribution in [0.4, 0.5) is 0 Å². The lowest BCUT2D eigenvalue weighted by atomic mass is 9.78. The summed E-state index contributed by atoms with van der Waals surface area (Å²) >= 11 is 0. The van der Waals surface area contributed by atoms with Crippen LogP contribution in [0.25, 0.3) is 0 Å². The van der Waals surface area contributed by atoms with E-state index in [1.54, 1.807) is 6.92 Å². The summed E-state index contributed by atoms with van der Waals surface area (Å²) in [5, 5.41) is 3.31. The lowest BCUT2D eigenvalue weighted by molar-refractivity contribution is -0.154. The number of carbonyl (C=O) groups is 3. The monoisotopic (exact) mass is 344 g/mol. The van der Waals surface area contributed by atoms with Crippen molar-refractivity contribution in [2.45, 2.75) is 38.8 Å². The Hall–Kier alpha value is -2.21. The molecule has 0 radical (unpaired) electrons. The fraction of sp³-hybridized carbons (Fsp3) is 0.526. The number of imide groups is 1. The number of nitrogens with one attached hydrogen (secondary N) is 1. The van der Waals surface area contributed by atoms with Crippen LogP contribution < -0.4 is 5.32 Å². The number of ether oxygens (including phenoxy) is 1. The topological polar surface area (TPSA) is 75.7 Å². The predicted octanol–water partition coefficient (Wildman–Crippen LogP) is 1.58. The molecule has 134 valence electrons. The predicted molar refractivity (Wildman–Crippen MR) is 91.5 cm³/mol. The molecule has 2 saturated heterocycles. The van der Waals surface area contributed by atoms with E-state index < -0.39 is 29.4 Å². The number of benzene rings is 1. The van der Waals surface area contributed by atoms with E-state index in [2.05, 4.69) is 5.32 Å². The second-order valence-electron chi connectivity index (χ2n) is 6.77. The highest BCUT2D eigenvalue weighted by Gasteiger charge is 2.67.